The summed E-state index contributed by atoms with van der Waals surface area (Å²) in [6, 6.07) is 7.11. The van der Waals surface area contributed by atoms with E-state index in [1.165, 1.54) is 0 Å². The highest BCUT2D eigenvalue weighted by Crippen LogP contribution is 2.24. The van der Waals surface area contributed by atoms with Crippen LogP contribution in [0, 0.1) is 19.3 Å². The Kier molecular flexibility index (Phi) is 4.28. The van der Waals surface area contributed by atoms with Crippen molar-refractivity contribution >= 4 is 9.84 Å². The number of terminal acetylenes is 1. The minimum atomic E-state index is -3.20. The topological polar surface area (TPSA) is 37.4 Å². The average Bonchev–Trinajstić information content (AvgIpc) is 2.40. The van der Waals surface area contributed by atoms with Gasteiger partial charge in [0.2, 0.25) is 0 Å². The normalized spacial score (nSPS) is 18.1. The second-order valence-corrected chi connectivity index (χ2v) is 7.27. The molecule has 0 bridgehead atoms. The van der Waals surface area contributed by atoms with Crippen LogP contribution in [0.3, 0.4) is 0 Å². The van der Waals surface area contributed by atoms with Crippen molar-refractivity contribution in [1.29, 1.82) is 0 Å². The fourth-order valence-electron chi connectivity index (χ4n) is 2.43. The molecule has 0 radical (unpaired) electrons. The molecule has 1 heterocycles. The van der Waals surface area contributed by atoms with Crippen LogP contribution >= 0.6 is 0 Å². The molecular weight excluding hydrogens is 258 g/mol. The molecule has 0 aliphatic carbocycles. The molecule has 102 valence electrons. The molecule has 0 spiro atoms. The van der Waals surface area contributed by atoms with Crippen LogP contribution in [-0.2, 0) is 9.84 Å². The minimum absolute atomic E-state index is 0.274. The van der Waals surface area contributed by atoms with Crippen LogP contribution in [0.5, 0.6) is 0 Å². The van der Waals surface area contributed by atoms with Crippen LogP contribution in [0.2, 0.25) is 0 Å². The fraction of sp³-hybridized carbons (Fsp3) is 0.467. The van der Waals surface area contributed by atoms with Crippen molar-refractivity contribution in [3.8, 4) is 12.3 Å². The Labute approximate surface area is 115 Å². The van der Waals surface area contributed by atoms with Gasteiger partial charge in [-0.25, -0.2) is 8.42 Å². The van der Waals surface area contributed by atoms with Gasteiger partial charge in [0.05, 0.1) is 16.7 Å². The quantitative estimate of drug-likeness (QED) is 0.792. The second-order valence-electron chi connectivity index (χ2n) is 5.04. The zero-order valence-electron chi connectivity index (χ0n) is 11.2. The SMILES string of the molecule is C#CCN1CCC(S(=O)(=O)c2ccc(C)cc2)CC1. The molecule has 0 amide bonds. The largest absolute Gasteiger partial charge is 0.292 e. The molecule has 1 aromatic rings. The van der Waals surface area contributed by atoms with E-state index in [1.807, 2.05) is 19.1 Å². The lowest BCUT2D eigenvalue weighted by molar-refractivity contribution is 0.256. The van der Waals surface area contributed by atoms with Crippen LogP contribution in [0.4, 0.5) is 0 Å². The average molecular weight is 277 g/mol. The molecule has 0 N–H and O–H groups in total. The number of hydrogen-bond acceptors (Lipinski definition) is 3. The summed E-state index contributed by atoms with van der Waals surface area (Å²) in [6.45, 7) is 4.09. The van der Waals surface area contributed by atoms with Crippen LogP contribution < -0.4 is 0 Å². The maximum atomic E-state index is 12.5. The molecule has 1 aliphatic heterocycles. The zero-order chi connectivity index (χ0) is 13.9. The molecule has 4 heteroatoms. The van der Waals surface area contributed by atoms with Crippen LogP contribution in [0.25, 0.3) is 0 Å². The maximum Gasteiger partial charge on any atom is 0.181 e. The molecular formula is C15H19NO2S. The molecule has 1 fully saturated rings. The third-order valence-electron chi connectivity index (χ3n) is 3.64. The maximum absolute atomic E-state index is 12.5. The van der Waals surface area contributed by atoms with Gasteiger partial charge in [0, 0.05) is 13.1 Å². The number of sulfone groups is 1. The molecule has 0 saturated carbocycles. The molecule has 0 aromatic heterocycles. The summed E-state index contributed by atoms with van der Waals surface area (Å²) in [7, 11) is -3.20. The first-order valence-corrected chi connectivity index (χ1v) is 8.05. The highest BCUT2D eigenvalue weighted by atomic mass is 32.2. The standard InChI is InChI=1S/C15H19NO2S/c1-3-10-16-11-8-15(9-12-16)19(17,18)14-6-4-13(2)5-7-14/h1,4-7,15H,8-12H2,2H3. The van der Waals surface area contributed by atoms with Crippen molar-refractivity contribution in [2.75, 3.05) is 19.6 Å². The van der Waals surface area contributed by atoms with Gasteiger partial charge in [0.25, 0.3) is 0 Å². The van der Waals surface area contributed by atoms with Gasteiger partial charge < -0.3 is 0 Å². The Hall–Kier alpha value is -1.31. The Bertz CT molecular complexity index is 561. The lowest BCUT2D eigenvalue weighted by atomic mass is 10.1. The number of aryl methyl sites for hydroxylation is 1. The van der Waals surface area contributed by atoms with E-state index in [1.54, 1.807) is 12.1 Å². The number of benzene rings is 1. The van der Waals surface area contributed by atoms with Gasteiger partial charge in [-0.05, 0) is 31.9 Å². The molecule has 0 atom stereocenters. The Morgan fingerprint density at radius 3 is 2.37 bits per heavy atom. The Morgan fingerprint density at radius 2 is 1.84 bits per heavy atom. The van der Waals surface area contributed by atoms with Crippen LogP contribution in [-0.4, -0.2) is 38.2 Å². The van der Waals surface area contributed by atoms with E-state index in [4.69, 9.17) is 6.42 Å². The van der Waals surface area contributed by atoms with E-state index in [0.717, 1.165) is 18.7 Å². The smallest absolute Gasteiger partial charge is 0.181 e. The molecule has 1 saturated heterocycles. The van der Waals surface area contributed by atoms with Gasteiger partial charge in [-0.1, -0.05) is 23.6 Å². The van der Waals surface area contributed by atoms with Crippen molar-refractivity contribution in [1.82, 2.24) is 4.90 Å². The van der Waals surface area contributed by atoms with E-state index < -0.39 is 9.84 Å². The lowest BCUT2D eigenvalue weighted by Crippen LogP contribution is -2.39. The molecule has 1 aromatic carbocycles. The lowest BCUT2D eigenvalue weighted by Gasteiger charge is -2.30. The first-order valence-electron chi connectivity index (χ1n) is 6.50. The zero-order valence-corrected chi connectivity index (χ0v) is 12.0. The van der Waals surface area contributed by atoms with E-state index >= 15 is 0 Å². The number of hydrogen-bond donors (Lipinski definition) is 0. The molecule has 19 heavy (non-hydrogen) atoms. The van der Waals surface area contributed by atoms with Gasteiger partial charge in [-0.15, -0.1) is 6.42 Å². The van der Waals surface area contributed by atoms with E-state index in [9.17, 15) is 8.42 Å². The van der Waals surface area contributed by atoms with Gasteiger partial charge in [-0.2, -0.15) is 0 Å². The number of piperidine rings is 1. The summed E-state index contributed by atoms with van der Waals surface area (Å²) in [5.74, 6) is 2.61. The predicted molar refractivity (Wildman–Crippen MR) is 76.7 cm³/mol. The van der Waals surface area contributed by atoms with Gasteiger partial charge >= 0.3 is 0 Å². The van der Waals surface area contributed by atoms with E-state index in [-0.39, 0.29) is 5.25 Å². The highest BCUT2D eigenvalue weighted by Gasteiger charge is 2.30. The van der Waals surface area contributed by atoms with Crippen molar-refractivity contribution in [3.63, 3.8) is 0 Å². The summed E-state index contributed by atoms with van der Waals surface area (Å²) < 4.78 is 25.0. The molecule has 1 aliphatic rings. The summed E-state index contributed by atoms with van der Waals surface area (Å²) in [6.07, 6.45) is 6.60. The molecule has 2 rings (SSSR count). The van der Waals surface area contributed by atoms with Gasteiger partial charge in [0.15, 0.2) is 9.84 Å². The predicted octanol–water partition coefficient (Wildman–Crippen LogP) is 1.87. The van der Waals surface area contributed by atoms with Gasteiger partial charge in [-0.3, -0.25) is 4.90 Å². The highest BCUT2D eigenvalue weighted by molar-refractivity contribution is 7.92. The van der Waals surface area contributed by atoms with E-state index in [0.29, 0.717) is 24.3 Å². The third-order valence-corrected chi connectivity index (χ3v) is 5.92. The van der Waals surface area contributed by atoms with E-state index in [2.05, 4.69) is 10.8 Å². The van der Waals surface area contributed by atoms with Crippen molar-refractivity contribution < 1.29 is 8.42 Å². The molecule has 3 nitrogen and oxygen atoms in total. The van der Waals surface area contributed by atoms with Crippen molar-refractivity contribution in [3.05, 3.63) is 29.8 Å². The Morgan fingerprint density at radius 1 is 1.26 bits per heavy atom. The minimum Gasteiger partial charge on any atom is -0.292 e. The first-order chi connectivity index (χ1) is 9.04. The summed E-state index contributed by atoms with van der Waals surface area (Å²) in [4.78, 5) is 2.56. The third kappa shape index (κ3) is 3.17. The number of nitrogens with zero attached hydrogens (tertiary/aromatic N) is 1. The fourth-order valence-corrected chi connectivity index (χ4v) is 4.16. The first kappa shape index (κ1) is 14.1. The van der Waals surface area contributed by atoms with Crippen molar-refractivity contribution in [2.45, 2.75) is 29.9 Å². The van der Waals surface area contributed by atoms with Crippen molar-refractivity contribution in [2.24, 2.45) is 0 Å². The summed E-state index contributed by atoms with van der Waals surface area (Å²) in [5, 5.41) is -0.274. The monoisotopic (exact) mass is 277 g/mol. The number of likely N-dealkylation sites (tertiary alicyclic amines) is 1. The number of rotatable bonds is 3. The molecule has 0 unspecified atom stereocenters. The van der Waals surface area contributed by atoms with Crippen LogP contribution in [0.1, 0.15) is 18.4 Å². The van der Waals surface area contributed by atoms with Gasteiger partial charge in [0.1, 0.15) is 0 Å². The summed E-state index contributed by atoms with van der Waals surface area (Å²) >= 11 is 0. The van der Waals surface area contributed by atoms with Crippen LogP contribution in [0.15, 0.2) is 29.2 Å². The summed E-state index contributed by atoms with van der Waals surface area (Å²) in [5.41, 5.74) is 1.07. The Balaban J connectivity index is 2.10. The second kappa shape index (κ2) is 5.77.